The van der Waals surface area contributed by atoms with E-state index in [1.165, 1.54) is 4.90 Å². The van der Waals surface area contributed by atoms with E-state index >= 15 is 0 Å². The van der Waals surface area contributed by atoms with Crippen LogP contribution in [-0.2, 0) is 9.59 Å². The van der Waals surface area contributed by atoms with Crippen LogP contribution in [0.2, 0.25) is 0 Å². The second-order valence-electron chi connectivity index (χ2n) is 6.48. The van der Waals surface area contributed by atoms with Gasteiger partial charge in [-0.25, -0.2) is 4.79 Å². The third-order valence-electron chi connectivity index (χ3n) is 4.80. The topological polar surface area (TPSA) is 79.0 Å². The minimum Gasteiger partial charge on any atom is -0.490 e. The quantitative estimate of drug-likeness (QED) is 0.902. The number of rotatable bonds is 4. The Hall–Kier alpha value is -2.57. The maximum Gasteiger partial charge on any atom is 0.324 e. The molecule has 2 aliphatic heterocycles. The summed E-state index contributed by atoms with van der Waals surface area (Å²) in [5, 5.41) is 2.78. The predicted octanol–water partition coefficient (Wildman–Crippen LogP) is 1.77. The van der Waals surface area contributed by atoms with Crippen LogP contribution in [0.15, 0.2) is 24.3 Å². The number of para-hydroxylation sites is 2. The Morgan fingerprint density at radius 3 is 2.84 bits per heavy atom. The van der Waals surface area contributed by atoms with Crippen LogP contribution in [0, 0.1) is 5.92 Å². The van der Waals surface area contributed by atoms with Gasteiger partial charge in [0.1, 0.15) is 12.4 Å². The molecule has 1 fully saturated rings. The van der Waals surface area contributed by atoms with Crippen molar-refractivity contribution in [2.24, 2.45) is 5.92 Å². The number of anilines is 1. The first kappa shape index (κ1) is 17.3. The number of carbonyl (C=O) groups is 3. The highest BCUT2D eigenvalue weighted by atomic mass is 16.5. The molecule has 2 heterocycles. The van der Waals surface area contributed by atoms with Gasteiger partial charge in [-0.05, 0) is 25.5 Å². The lowest BCUT2D eigenvalue weighted by Crippen LogP contribution is -2.58. The summed E-state index contributed by atoms with van der Waals surface area (Å²) < 4.78 is 5.55. The average Bonchev–Trinajstić information content (AvgIpc) is 2.62. The van der Waals surface area contributed by atoms with E-state index in [0.29, 0.717) is 25.3 Å². The molecule has 2 unspecified atom stereocenters. The molecule has 2 atom stereocenters. The number of imide groups is 1. The molecule has 1 aromatic carbocycles. The fourth-order valence-corrected chi connectivity index (χ4v) is 3.12. The highest BCUT2D eigenvalue weighted by molar-refractivity contribution is 5.98. The lowest BCUT2D eigenvalue weighted by molar-refractivity contribution is -0.134. The van der Waals surface area contributed by atoms with Crippen LogP contribution >= 0.6 is 0 Å². The third kappa shape index (κ3) is 3.45. The van der Waals surface area contributed by atoms with Crippen molar-refractivity contribution in [3.05, 3.63) is 24.3 Å². The number of carbonyl (C=O) groups excluding carboxylic acids is 3. The minimum absolute atomic E-state index is 0.0259. The van der Waals surface area contributed by atoms with E-state index in [-0.39, 0.29) is 42.8 Å². The molecule has 25 heavy (non-hydrogen) atoms. The fraction of sp³-hybridized carbons (Fsp3) is 0.500. The molecule has 1 N–H and O–H groups in total. The smallest absolute Gasteiger partial charge is 0.324 e. The van der Waals surface area contributed by atoms with Gasteiger partial charge in [0.25, 0.3) is 0 Å². The first-order valence-corrected chi connectivity index (χ1v) is 8.63. The van der Waals surface area contributed by atoms with Crippen molar-refractivity contribution >= 4 is 23.5 Å². The van der Waals surface area contributed by atoms with Gasteiger partial charge in [-0.1, -0.05) is 19.1 Å². The molecule has 1 saturated heterocycles. The zero-order valence-corrected chi connectivity index (χ0v) is 14.5. The number of hydrogen-bond donors (Lipinski definition) is 1. The first-order chi connectivity index (χ1) is 12.0. The standard InChI is InChI=1S/C18H23N3O4/c1-12-13(2)19-18(24)21(17(12)23)9-5-8-16(22)20-10-11-25-15-7-4-3-6-14(15)20/h3-4,6-7,12-13H,5,8-11H2,1-2H3,(H,19,24). The Kier molecular flexibility index (Phi) is 4.92. The van der Waals surface area contributed by atoms with Crippen LogP contribution in [0.25, 0.3) is 0 Å². The Morgan fingerprint density at radius 1 is 1.28 bits per heavy atom. The van der Waals surface area contributed by atoms with Crippen molar-refractivity contribution in [1.29, 1.82) is 0 Å². The highest BCUT2D eigenvalue weighted by Gasteiger charge is 2.35. The second kappa shape index (κ2) is 7.13. The van der Waals surface area contributed by atoms with Crippen LogP contribution < -0.4 is 15.0 Å². The van der Waals surface area contributed by atoms with Gasteiger partial charge < -0.3 is 15.0 Å². The van der Waals surface area contributed by atoms with Crippen LogP contribution in [0.4, 0.5) is 10.5 Å². The van der Waals surface area contributed by atoms with Gasteiger partial charge in [0, 0.05) is 19.0 Å². The molecule has 1 aromatic rings. The summed E-state index contributed by atoms with van der Waals surface area (Å²) in [5.41, 5.74) is 0.771. The number of nitrogens with zero attached hydrogens (tertiary/aromatic N) is 2. The van der Waals surface area contributed by atoms with Crippen molar-refractivity contribution in [2.45, 2.75) is 32.7 Å². The van der Waals surface area contributed by atoms with Gasteiger partial charge in [0.15, 0.2) is 0 Å². The molecule has 0 bridgehead atoms. The van der Waals surface area contributed by atoms with Crippen molar-refractivity contribution < 1.29 is 19.1 Å². The van der Waals surface area contributed by atoms with Crippen molar-refractivity contribution in [3.63, 3.8) is 0 Å². The molecule has 0 radical (unpaired) electrons. The van der Waals surface area contributed by atoms with Crippen LogP contribution in [0.3, 0.4) is 0 Å². The van der Waals surface area contributed by atoms with Gasteiger partial charge in [-0.2, -0.15) is 0 Å². The number of nitrogens with one attached hydrogen (secondary N) is 1. The van der Waals surface area contributed by atoms with Gasteiger partial charge in [-0.3, -0.25) is 14.5 Å². The number of urea groups is 1. The molecule has 2 aliphatic rings. The van der Waals surface area contributed by atoms with E-state index in [4.69, 9.17) is 4.74 Å². The van der Waals surface area contributed by atoms with Crippen molar-refractivity contribution in [1.82, 2.24) is 10.2 Å². The normalized spacial score (nSPS) is 23.0. The summed E-state index contributed by atoms with van der Waals surface area (Å²) in [6, 6.07) is 6.90. The zero-order valence-electron chi connectivity index (χ0n) is 14.5. The van der Waals surface area contributed by atoms with Gasteiger partial charge >= 0.3 is 6.03 Å². The van der Waals surface area contributed by atoms with Crippen LogP contribution in [0.5, 0.6) is 5.75 Å². The summed E-state index contributed by atoms with van der Waals surface area (Å²) in [6.45, 7) is 4.84. The Morgan fingerprint density at radius 2 is 2.04 bits per heavy atom. The van der Waals surface area contributed by atoms with E-state index < -0.39 is 0 Å². The van der Waals surface area contributed by atoms with Crippen LogP contribution in [0.1, 0.15) is 26.7 Å². The van der Waals surface area contributed by atoms with Crippen molar-refractivity contribution in [3.8, 4) is 5.75 Å². The summed E-state index contributed by atoms with van der Waals surface area (Å²) in [4.78, 5) is 39.7. The van der Waals surface area contributed by atoms with E-state index in [1.807, 2.05) is 31.2 Å². The monoisotopic (exact) mass is 345 g/mol. The van der Waals surface area contributed by atoms with Crippen molar-refractivity contribution in [2.75, 3.05) is 24.6 Å². The third-order valence-corrected chi connectivity index (χ3v) is 4.80. The molecule has 0 saturated carbocycles. The van der Waals surface area contributed by atoms with Crippen LogP contribution in [-0.4, -0.2) is 48.5 Å². The largest absolute Gasteiger partial charge is 0.490 e. The summed E-state index contributed by atoms with van der Waals surface area (Å²) in [5.74, 6) is 0.248. The molecule has 7 nitrogen and oxygen atoms in total. The number of fused-ring (bicyclic) bond motifs is 1. The number of amides is 4. The van der Waals surface area contributed by atoms with E-state index in [1.54, 1.807) is 11.8 Å². The highest BCUT2D eigenvalue weighted by Crippen LogP contribution is 2.31. The lowest BCUT2D eigenvalue weighted by atomic mass is 9.99. The van der Waals surface area contributed by atoms with E-state index in [2.05, 4.69) is 5.32 Å². The molecule has 3 rings (SSSR count). The first-order valence-electron chi connectivity index (χ1n) is 8.63. The molecular formula is C18H23N3O4. The fourth-order valence-electron chi connectivity index (χ4n) is 3.12. The van der Waals surface area contributed by atoms with Gasteiger partial charge in [-0.15, -0.1) is 0 Å². The molecule has 4 amide bonds. The molecule has 0 aliphatic carbocycles. The SMILES string of the molecule is CC1NC(=O)N(CCCC(=O)N2CCOc3ccccc32)C(=O)C1C. The maximum absolute atomic E-state index is 12.5. The number of benzene rings is 1. The van der Waals surface area contributed by atoms with Gasteiger partial charge in [0.2, 0.25) is 11.8 Å². The Labute approximate surface area is 146 Å². The molecule has 0 aromatic heterocycles. The summed E-state index contributed by atoms with van der Waals surface area (Å²) >= 11 is 0. The molecular weight excluding hydrogens is 322 g/mol. The number of hydrogen-bond acceptors (Lipinski definition) is 4. The Balaban J connectivity index is 1.57. The summed E-state index contributed by atoms with van der Waals surface area (Å²) in [7, 11) is 0. The molecule has 7 heteroatoms. The maximum atomic E-state index is 12.5. The average molecular weight is 345 g/mol. The second-order valence-corrected chi connectivity index (χ2v) is 6.48. The zero-order chi connectivity index (χ0) is 18.0. The molecule has 0 spiro atoms. The minimum atomic E-state index is -0.375. The predicted molar refractivity (Wildman–Crippen MR) is 92.4 cm³/mol. The van der Waals surface area contributed by atoms with E-state index in [0.717, 1.165) is 5.69 Å². The lowest BCUT2D eigenvalue weighted by Gasteiger charge is -2.34. The van der Waals surface area contributed by atoms with Gasteiger partial charge in [0.05, 0.1) is 18.2 Å². The molecule has 134 valence electrons. The summed E-state index contributed by atoms with van der Waals surface area (Å²) in [6.07, 6.45) is 0.716. The van der Waals surface area contributed by atoms with E-state index in [9.17, 15) is 14.4 Å². The Bertz CT molecular complexity index is 691. The number of ether oxygens (including phenoxy) is 1.